The molecule has 260 valence electrons. The van der Waals surface area contributed by atoms with Crippen molar-refractivity contribution < 1.29 is 28.7 Å². The third-order valence-electron chi connectivity index (χ3n) is 7.27. The number of hydrogen-bond donors (Lipinski definition) is 2. The highest BCUT2D eigenvalue weighted by Gasteiger charge is 2.44. The first-order chi connectivity index (χ1) is 21.5. The minimum atomic E-state index is -1.14. The number of benzene rings is 2. The first-order valence-electron chi connectivity index (χ1n) is 16.5. The Labute approximate surface area is 282 Å². The molecule has 0 aliphatic heterocycles. The molecule has 0 bridgehead atoms. The average molecular weight is 652 g/mol. The Bertz CT molecular complexity index is 1360. The lowest BCUT2D eigenvalue weighted by Crippen LogP contribution is -2.60. The molecule has 0 heterocycles. The molecule has 0 fully saturated rings. The van der Waals surface area contributed by atoms with Crippen molar-refractivity contribution in [2.75, 3.05) is 0 Å². The van der Waals surface area contributed by atoms with Crippen LogP contribution >= 0.6 is 0 Å². The summed E-state index contributed by atoms with van der Waals surface area (Å²) in [5, 5.41) is 5.77. The van der Waals surface area contributed by atoms with Crippen molar-refractivity contribution >= 4 is 23.9 Å². The number of carbonyl (C=O) groups excluding carboxylic acids is 4. The minimum absolute atomic E-state index is 0.0376. The molecule has 0 aliphatic carbocycles. The fourth-order valence-corrected chi connectivity index (χ4v) is 5.46. The number of alkyl carbamates (subject to hydrolysis) is 1. The Kier molecular flexibility index (Phi) is 13.2. The standard InChI is InChI=1S/C38H57N3O6/c1-24(2)22-28(40-35(45)47-38(11,12)13)33(43)41(36(5,6)7)31(30-25(3)18-17-19-26(30)4)32(42)39-29(34(44)46-37(8,9)10)23-27-20-15-14-16-21-27/h14-21,24,28-29,31H,22-23H2,1-13H3,(H,39,42)(H,40,45). The summed E-state index contributed by atoms with van der Waals surface area (Å²) >= 11 is 0. The Morgan fingerprint density at radius 1 is 0.723 bits per heavy atom. The van der Waals surface area contributed by atoms with Crippen LogP contribution in [-0.4, -0.2) is 57.6 Å². The lowest BCUT2D eigenvalue weighted by molar-refractivity contribution is -0.159. The molecule has 0 aliphatic rings. The summed E-state index contributed by atoms with van der Waals surface area (Å²) in [5.74, 6) is -1.50. The van der Waals surface area contributed by atoms with E-state index in [1.807, 2.05) is 97.0 Å². The molecular formula is C38H57N3O6. The molecule has 9 heteroatoms. The van der Waals surface area contributed by atoms with Crippen molar-refractivity contribution in [1.29, 1.82) is 0 Å². The van der Waals surface area contributed by atoms with Gasteiger partial charge in [-0.2, -0.15) is 0 Å². The zero-order valence-electron chi connectivity index (χ0n) is 30.7. The van der Waals surface area contributed by atoms with E-state index in [-0.39, 0.29) is 12.3 Å². The summed E-state index contributed by atoms with van der Waals surface area (Å²) in [7, 11) is 0. The molecule has 47 heavy (non-hydrogen) atoms. The molecule has 0 saturated carbocycles. The molecule has 2 aromatic rings. The van der Waals surface area contributed by atoms with Crippen LogP contribution in [0.1, 0.15) is 111 Å². The van der Waals surface area contributed by atoms with Crippen LogP contribution in [0.3, 0.4) is 0 Å². The van der Waals surface area contributed by atoms with Crippen molar-refractivity contribution in [1.82, 2.24) is 15.5 Å². The minimum Gasteiger partial charge on any atom is -0.458 e. The number of esters is 1. The first-order valence-corrected chi connectivity index (χ1v) is 16.5. The van der Waals surface area contributed by atoms with Gasteiger partial charge in [0.1, 0.15) is 29.3 Å². The van der Waals surface area contributed by atoms with Gasteiger partial charge in [-0.25, -0.2) is 9.59 Å². The summed E-state index contributed by atoms with van der Waals surface area (Å²) in [5.41, 5.74) is 0.669. The molecule has 2 rings (SSSR count). The van der Waals surface area contributed by atoms with Crippen LogP contribution in [0.4, 0.5) is 4.79 Å². The van der Waals surface area contributed by atoms with E-state index >= 15 is 0 Å². The molecule has 3 atom stereocenters. The maximum Gasteiger partial charge on any atom is 0.408 e. The summed E-state index contributed by atoms with van der Waals surface area (Å²) < 4.78 is 11.3. The van der Waals surface area contributed by atoms with Gasteiger partial charge < -0.3 is 25.0 Å². The van der Waals surface area contributed by atoms with Gasteiger partial charge in [0.05, 0.1) is 0 Å². The quantitative estimate of drug-likeness (QED) is 0.254. The Morgan fingerprint density at radius 3 is 1.72 bits per heavy atom. The summed E-state index contributed by atoms with van der Waals surface area (Å²) in [6.07, 6.45) is -0.202. The zero-order valence-corrected chi connectivity index (χ0v) is 30.7. The average Bonchev–Trinajstić information content (AvgIpc) is 2.89. The number of rotatable bonds is 11. The number of amides is 3. The first kappa shape index (κ1) is 39.3. The summed E-state index contributed by atoms with van der Waals surface area (Å²) in [6.45, 7) is 23.9. The van der Waals surface area contributed by atoms with E-state index in [9.17, 15) is 19.2 Å². The van der Waals surface area contributed by atoms with Crippen LogP contribution in [0.15, 0.2) is 48.5 Å². The number of aryl methyl sites for hydroxylation is 2. The van der Waals surface area contributed by atoms with E-state index in [2.05, 4.69) is 10.6 Å². The smallest absolute Gasteiger partial charge is 0.408 e. The van der Waals surface area contributed by atoms with Gasteiger partial charge in [-0.15, -0.1) is 0 Å². The van der Waals surface area contributed by atoms with Crippen LogP contribution in [0, 0.1) is 19.8 Å². The Hall–Kier alpha value is -3.88. The third kappa shape index (κ3) is 12.3. The number of ether oxygens (including phenoxy) is 2. The van der Waals surface area contributed by atoms with Crippen LogP contribution in [0.25, 0.3) is 0 Å². The van der Waals surface area contributed by atoms with Gasteiger partial charge in [-0.05, 0) is 111 Å². The molecule has 2 aromatic carbocycles. The van der Waals surface area contributed by atoms with E-state index in [1.165, 1.54) is 4.90 Å². The molecule has 3 amide bonds. The predicted octanol–water partition coefficient (Wildman–Crippen LogP) is 6.98. The lowest BCUT2D eigenvalue weighted by Gasteiger charge is -2.44. The van der Waals surface area contributed by atoms with Crippen molar-refractivity contribution in [2.45, 2.75) is 138 Å². The second-order valence-electron chi connectivity index (χ2n) is 15.7. The highest BCUT2D eigenvalue weighted by atomic mass is 16.6. The fraction of sp³-hybridized carbons (Fsp3) is 0.579. The van der Waals surface area contributed by atoms with Crippen molar-refractivity contribution in [3.8, 4) is 0 Å². The highest BCUT2D eigenvalue weighted by Crippen LogP contribution is 2.34. The third-order valence-corrected chi connectivity index (χ3v) is 7.27. The van der Waals surface area contributed by atoms with Gasteiger partial charge in [0.15, 0.2) is 0 Å². The molecule has 0 spiro atoms. The molecule has 9 nitrogen and oxygen atoms in total. The largest absolute Gasteiger partial charge is 0.458 e. The van der Waals surface area contributed by atoms with Gasteiger partial charge in [-0.1, -0.05) is 62.4 Å². The number of carbonyl (C=O) groups is 4. The summed E-state index contributed by atoms with van der Waals surface area (Å²) in [4.78, 5) is 57.6. The van der Waals surface area contributed by atoms with Crippen molar-refractivity contribution in [3.05, 3.63) is 70.8 Å². The molecule has 2 N–H and O–H groups in total. The molecule has 0 radical (unpaired) electrons. The van der Waals surface area contributed by atoms with E-state index < -0.39 is 58.7 Å². The van der Waals surface area contributed by atoms with Crippen LogP contribution in [0.5, 0.6) is 0 Å². The fourth-order valence-electron chi connectivity index (χ4n) is 5.46. The van der Waals surface area contributed by atoms with Crippen molar-refractivity contribution in [3.63, 3.8) is 0 Å². The number of nitrogens with one attached hydrogen (secondary N) is 2. The van der Waals surface area contributed by atoms with E-state index in [0.717, 1.165) is 16.7 Å². The molecule has 0 saturated heterocycles. The lowest BCUT2D eigenvalue weighted by atomic mass is 9.89. The SMILES string of the molecule is Cc1cccc(C)c1C(C(=O)NC(Cc1ccccc1)C(=O)OC(C)(C)C)N(C(=O)C(CC(C)C)NC(=O)OC(C)(C)C)C(C)(C)C. The van der Waals surface area contributed by atoms with Gasteiger partial charge in [0.25, 0.3) is 0 Å². The molecule has 3 unspecified atom stereocenters. The monoisotopic (exact) mass is 651 g/mol. The summed E-state index contributed by atoms with van der Waals surface area (Å²) in [6, 6.07) is 11.9. The van der Waals surface area contributed by atoms with Crippen LogP contribution in [-0.2, 0) is 30.3 Å². The highest BCUT2D eigenvalue weighted by molar-refractivity contribution is 5.94. The second kappa shape index (κ2) is 15.8. The van der Waals surface area contributed by atoms with Gasteiger partial charge in [0.2, 0.25) is 11.8 Å². The van der Waals surface area contributed by atoms with Crippen LogP contribution in [0.2, 0.25) is 0 Å². The Morgan fingerprint density at radius 2 is 1.26 bits per heavy atom. The zero-order chi connectivity index (χ0) is 35.9. The van der Waals surface area contributed by atoms with Crippen LogP contribution < -0.4 is 10.6 Å². The maximum absolute atomic E-state index is 14.8. The Balaban J connectivity index is 2.73. The normalized spacial score (nSPS) is 14.1. The van der Waals surface area contributed by atoms with Gasteiger partial charge in [-0.3, -0.25) is 9.59 Å². The number of hydrogen-bond acceptors (Lipinski definition) is 6. The number of nitrogens with zero attached hydrogens (tertiary/aromatic N) is 1. The van der Waals surface area contributed by atoms with E-state index in [0.29, 0.717) is 12.0 Å². The topological polar surface area (TPSA) is 114 Å². The molecule has 0 aromatic heterocycles. The van der Waals surface area contributed by atoms with E-state index in [4.69, 9.17) is 9.47 Å². The molecular weight excluding hydrogens is 594 g/mol. The van der Waals surface area contributed by atoms with Gasteiger partial charge >= 0.3 is 12.1 Å². The maximum atomic E-state index is 14.8. The second-order valence-corrected chi connectivity index (χ2v) is 15.7. The van der Waals surface area contributed by atoms with E-state index in [1.54, 1.807) is 41.5 Å². The van der Waals surface area contributed by atoms with Gasteiger partial charge in [0, 0.05) is 12.0 Å². The van der Waals surface area contributed by atoms with Crippen molar-refractivity contribution in [2.24, 2.45) is 5.92 Å². The predicted molar refractivity (Wildman–Crippen MR) is 186 cm³/mol.